The Hall–Kier alpha value is -1.18. The Kier molecular flexibility index (Phi) is 5.05. The quantitative estimate of drug-likeness (QED) is 0.839. The molecule has 21 heavy (non-hydrogen) atoms. The summed E-state index contributed by atoms with van der Waals surface area (Å²) in [6.07, 6.45) is 3.86. The molecule has 1 saturated heterocycles. The highest BCUT2D eigenvalue weighted by atomic mass is 32.2. The predicted octanol–water partition coefficient (Wildman–Crippen LogP) is 4.08. The highest BCUT2D eigenvalue weighted by Gasteiger charge is 2.15. The van der Waals surface area contributed by atoms with Crippen LogP contribution in [-0.4, -0.2) is 28.7 Å². The lowest BCUT2D eigenvalue weighted by molar-refractivity contribution is 0.0315. The topological polar surface area (TPSA) is 47.0 Å². The summed E-state index contributed by atoms with van der Waals surface area (Å²) in [6, 6.07) is 6.31. The van der Waals surface area contributed by atoms with Crippen molar-refractivity contribution in [2.45, 2.75) is 29.7 Å². The fraction of sp³-hybridized carbons (Fsp3) is 0.429. The van der Waals surface area contributed by atoms with Gasteiger partial charge in [-0.25, -0.2) is 4.39 Å². The third kappa shape index (κ3) is 4.39. The first-order valence-corrected chi connectivity index (χ1v) is 8.70. The first-order chi connectivity index (χ1) is 10.3. The lowest BCUT2D eigenvalue weighted by Crippen LogP contribution is -2.21. The molecule has 0 amide bonds. The zero-order valence-corrected chi connectivity index (χ0v) is 13.1. The third-order valence-corrected chi connectivity index (χ3v) is 5.25. The summed E-state index contributed by atoms with van der Waals surface area (Å²) >= 11 is 3.14. The molecule has 0 spiro atoms. The molecule has 0 saturated carbocycles. The van der Waals surface area contributed by atoms with Gasteiger partial charge in [0.05, 0.1) is 6.10 Å². The van der Waals surface area contributed by atoms with E-state index in [9.17, 15) is 4.39 Å². The SMILES string of the molecule is Fc1cccc(Nc2nnc(SC[C@@H]3CCCCO3)s2)c1. The molecule has 0 bridgehead atoms. The van der Waals surface area contributed by atoms with Gasteiger partial charge < -0.3 is 10.1 Å². The molecule has 1 atom stereocenters. The predicted molar refractivity (Wildman–Crippen MR) is 83.9 cm³/mol. The second-order valence-electron chi connectivity index (χ2n) is 4.81. The standard InChI is InChI=1S/C14H16FN3OS2/c15-10-4-3-5-11(8-10)16-13-17-18-14(21-13)20-9-12-6-1-2-7-19-12/h3-5,8,12H,1-2,6-7,9H2,(H,16,17)/t12-/m0/s1. The molecule has 4 nitrogen and oxygen atoms in total. The van der Waals surface area contributed by atoms with Crippen LogP contribution in [0.4, 0.5) is 15.2 Å². The maximum atomic E-state index is 13.1. The van der Waals surface area contributed by atoms with E-state index in [2.05, 4.69) is 15.5 Å². The molecule has 0 aliphatic carbocycles. The molecule has 1 N–H and O–H groups in total. The van der Waals surface area contributed by atoms with E-state index in [0.29, 0.717) is 16.9 Å². The number of nitrogens with one attached hydrogen (secondary N) is 1. The molecule has 112 valence electrons. The summed E-state index contributed by atoms with van der Waals surface area (Å²) in [4.78, 5) is 0. The Bertz CT molecular complexity index is 587. The van der Waals surface area contributed by atoms with Gasteiger partial charge in [-0.2, -0.15) is 0 Å². The smallest absolute Gasteiger partial charge is 0.210 e. The molecule has 3 rings (SSSR count). The van der Waals surface area contributed by atoms with Crippen molar-refractivity contribution in [2.24, 2.45) is 0 Å². The van der Waals surface area contributed by atoms with Crippen LogP contribution in [0.1, 0.15) is 19.3 Å². The summed E-state index contributed by atoms with van der Waals surface area (Å²) < 4.78 is 19.7. The van der Waals surface area contributed by atoms with E-state index in [1.54, 1.807) is 23.9 Å². The minimum absolute atomic E-state index is 0.270. The van der Waals surface area contributed by atoms with Crippen molar-refractivity contribution in [3.63, 3.8) is 0 Å². The lowest BCUT2D eigenvalue weighted by Gasteiger charge is -2.21. The van der Waals surface area contributed by atoms with Crippen LogP contribution >= 0.6 is 23.1 Å². The fourth-order valence-electron chi connectivity index (χ4n) is 2.11. The Morgan fingerprint density at radius 1 is 1.38 bits per heavy atom. The molecule has 0 radical (unpaired) electrons. The van der Waals surface area contributed by atoms with Crippen molar-refractivity contribution in [1.29, 1.82) is 0 Å². The number of nitrogens with zero attached hydrogens (tertiary/aromatic N) is 2. The summed E-state index contributed by atoms with van der Waals surface area (Å²) in [5, 5.41) is 12.0. The molecule has 1 aromatic heterocycles. The van der Waals surface area contributed by atoms with E-state index >= 15 is 0 Å². The number of anilines is 2. The Morgan fingerprint density at radius 2 is 2.33 bits per heavy atom. The zero-order valence-electron chi connectivity index (χ0n) is 11.4. The van der Waals surface area contributed by atoms with Crippen LogP contribution in [0.15, 0.2) is 28.6 Å². The van der Waals surface area contributed by atoms with E-state index in [0.717, 1.165) is 23.1 Å². The average Bonchev–Trinajstić information content (AvgIpc) is 2.94. The van der Waals surface area contributed by atoms with Crippen LogP contribution in [0.3, 0.4) is 0 Å². The summed E-state index contributed by atoms with van der Waals surface area (Å²) in [5.74, 6) is 0.641. The van der Waals surface area contributed by atoms with Crippen molar-refractivity contribution in [3.8, 4) is 0 Å². The molecule has 1 aliphatic heterocycles. The minimum Gasteiger partial charge on any atom is -0.377 e. The van der Waals surface area contributed by atoms with E-state index in [1.807, 2.05) is 0 Å². The van der Waals surface area contributed by atoms with Crippen molar-refractivity contribution in [1.82, 2.24) is 10.2 Å². The summed E-state index contributed by atoms with van der Waals surface area (Å²) in [6.45, 7) is 0.869. The molecule has 1 aliphatic rings. The number of rotatable bonds is 5. The Balaban J connectivity index is 1.53. The van der Waals surface area contributed by atoms with E-state index < -0.39 is 0 Å². The second kappa shape index (κ2) is 7.20. The van der Waals surface area contributed by atoms with E-state index in [-0.39, 0.29) is 5.82 Å². The number of ether oxygens (including phenoxy) is 1. The Morgan fingerprint density at radius 3 is 3.14 bits per heavy atom. The lowest BCUT2D eigenvalue weighted by atomic mass is 10.1. The van der Waals surface area contributed by atoms with Gasteiger partial charge in [-0.1, -0.05) is 29.2 Å². The fourth-order valence-corrected chi connectivity index (χ4v) is 3.98. The van der Waals surface area contributed by atoms with Gasteiger partial charge in [0.25, 0.3) is 0 Å². The molecular formula is C14H16FN3OS2. The number of hydrogen-bond acceptors (Lipinski definition) is 6. The molecular weight excluding hydrogens is 309 g/mol. The van der Waals surface area contributed by atoms with Crippen molar-refractivity contribution < 1.29 is 9.13 Å². The largest absolute Gasteiger partial charge is 0.377 e. The van der Waals surface area contributed by atoms with Gasteiger partial charge in [0.1, 0.15) is 5.82 Å². The average molecular weight is 325 g/mol. The maximum Gasteiger partial charge on any atom is 0.210 e. The zero-order chi connectivity index (χ0) is 14.5. The van der Waals surface area contributed by atoms with Crippen LogP contribution < -0.4 is 5.32 Å². The highest BCUT2D eigenvalue weighted by molar-refractivity contribution is 8.01. The van der Waals surface area contributed by atoms with E-state index in [4.69, 9.17) is 4.74 Å². The number of aromatic nitrogens is 2. The van der Waals surface area contributed by atoms with Gasteiger partial charge in [-0.15, -0.1) is 10.2 Å². The monoisotopic (exact) mass is 325 g/mol. The van der Waals surface area contributed by atoms with Crippen molar-refractivity contribution in [2.75, 3.05) is 17.7 Å². The third-order valence-electron chi connectivity index (χ3n) is 3.15. The molecule has 1 aromatic carbocycles. The van der Waals surface area contributed by atoms with Crippen LogP contribution in [0.5, 0.6) is 0 Å². The molecule has 7 heteroatoms. The normalized spacial score (nSPS) is 18.6. The van der Waals surface area contributed by atoms with Gasteiger partial charge in [0, 0.05) is 18.0 Å². The van der Waals surface area contributed by atoms with Gasteiger partial charge >= 0.3 is 0 Å². The first kappa shape index (κ1) is 14.7. The van der Waals surface area contributed by atoms with Crippen molar-refractivity contribution in [3.05, 3.63) is 30.1 Å². The number of thioether (sulfide) groups is 1. The van der Waals surface area contributed by atoms with Crippen LogP contribution in [0.2, 0.25) is 0 Å². The number of halogens is 1. The summed E-state index contributed by atoms with van der Waals surface area (Å²) in [7, 11) is 0. The van der Waals surface area contributed by atoms with E-state index in [1.165, 1.54) is 36.3 Å². The van der Waals surface area contributed by atoms with Gasteiger partial charge in [0.2, 0.25) is 5.13 Å². The van der Waals surface area contributed by atoms with Crippen molar-refractivity contribution >= 4 is 33.9 Å². The Labute approximate surface area is 131 Å². The molecule has 0 unspecified atom stereocenters. The van der Waals surface area contributed by atoms with Crippen LogP contribution in [-0.2, 0) is 4.74 Å². The van der Waals surface area contributed by atoms with Gasteiger partial charge in [0.15, 0.2) is 4.34 Å². The first-order valence-electron chi connectivity index (χ1n) is 6.90. The molecule has 1 fully saturated rings. The van der Waals surface area contributed by atoms with Crippen LogP contribution in [0.25, 0.3) is 0 Å². The maximum absolute atomic E-state index is 13.1. The number of benzene rings is 1. The van der Waals surface area contributed by atoms with Gasteiger partial charge in [-0.3, -0.25) is 0 Å². The highest BCUT2D eigenvalue weighted by Crippen LogP contribution is 2.29. The second-order valence-corrected chi connectivity index (χ2v) is 7.05. The van der Waals surface area contributed by atoms with Crippen LogP contribution in [0, 0.1) is 5.82 Å². The molecule has 2 aromatic rings. The molecule has 2 heterocycles. The minimum atomic E-state index is -0.270. The van der Waals surface area contributed by atoms with Gasteiger partial charge in [-0.05, 0) is 37.5 Å². The summed E-state index contributed by atoms with van der Waals surface area (Å²) in [5.41, 5.74) is 0.679. The number of hydrogen-bond donors (Lipinski definition) is 1.